The fraction of sp³-hybridized carbons (Fsp3) is 0.643. The van der Waals surface area contributed by atoms with Gasteiger partial charge in [0.05, 0.1) is 11.5 Å². The monoisotopic (exact) mass is 403 g/mol. The maximum Gasteiger partial charge on any atom is 0.321 e. The quantitative estimate of drug-likeness (QED) is 0.603. The fourth-order valence-electron chi connectivity index (χ4n) is 1.84. The van der Waals surface area contributed by atoms with Crippen molar-refractivity contribution in [3.63, 3.8) is 0 Å². The number of nitrogens with zero attached hydrogens (tertiary/aromatic N) is 3. The second-order valence-electron chi connectivity index (χ2n) is 5.27. The van der Waals surface area contributed by atoms with Crippen molar-refractivity contribution < 1.29 is 14.4 Å². The number of urea groups is 1. The Morgan fingerprint density at radius 1 is 1.12 bits per heavy atom. The zero-order chi connectivity index (χ0) is 18.2. The summed E-state index contributed by atoms with van der Waals surface area (Å²) in [4.78, 5) is 36.9. The van der Waals surface area contributed by atoms with Gasteiger partial charge < -0.3 is 10.2 Å². The molecular formula is C14H21N5O3S3. The third-order valence-corrected chi connectivity index (χ3v) is 6.49. The summed E-state index contributed by atoms with van der Waals surface area (Å²) in [5.41, 5.74) is 0. The molecule has 25 heavy (non-hydrogen) atoms. The summed E-state index contributed by atoms with van der Waals surface area (Å²) < 4.78 is 1.32. The Morgan fingerprint density at radius 2 is 1.72 bits per heavy atom. The first-order chi connectivity index (χ1) is 12.0. The predicted molar refractivity (Wildman–Crippen MR) is 99.0 cm³/mol. The summed E-state index contributed by atoms with van der Waals surface area (Å²) in [6, 6.07) is -0.237. The van der Waals surface area contributed by atoms with Crippen LogP contribution in [0.3, 0.4) is 0 Å². The molecule has 11 heteroatoms. The lowest BCUT2D eigenvalue weighted by molar-refractivity contribution is -0.128. The summed E-state index contributed by atoms with van der Waals surface area (Å²) >= 11 is 3.90. The number of carbonyl (C=O) groups is 3. The van der Waals surface area contributed by atoms with E-state index in [0.717, 1.165) is 12.8 Å². The number of amides is 4. The van der Waals surface area contributed by atoms with Crippen LogP contribution in [0.15, 0.2) is 8.68 Å². The van der Waals surface area contributed by atoms with Crippen molar-refractivity contribution in [1.82, 2.24) is 25.7 Å². The lowest BCUT2D eigenvalue weighted by atomic mass is 10.5. The van der Waals surface area contributed by atoms with Crippen molar-refractivity contribution in [3.8, 4) is 0 Å². The number of imide groups is 1. The van der Waals surface area contributed by atoms with Crippen molar-refractivity contribution in [2.45, 2.75) is 41.4 Å². The van der Waals surface area contributed by atoms with E-state index in [0.29, 0.717) is 27.5 Å². The highest BCUT2D eigenvalue weighted by molar-refractivity contribution is 8.03. The van der Waals surface area contributed by atoms with E-state index in [1.807, 2.05) is 13.8 Å². The molecule has 1 aliphatic carbocycles. The predicted octanol–water partition coefficient (Wildman–Crippen LogP) is 1.58. The smallest absolute Gasteiger partial charge is 0.321 e. The van der Waals surface area contributed by atoms with Crippen LogP contribution < -0.4 is 10.6 Å². The lowest BCUT2D eigenvalue weighted by Gasteiger charge is -2.17. The van der Waals surface area contributed by atoms with Gasteiger partial charge in [0.25, 0.3) is 0 Å². The van der Waals surface area contributed by atoms with E-state index in [4.69, 9.17) is 0 Å². The molecule has 8 nitrogen and oxygen atoms in total. The molecule has 4 amide bonds. The van der Waals surface area contributed by atoms with Crippen LogP contribution in [0, 0.1) is 0 Å². The number of thioether (sulfide) groups is 2. The van der Waals surface area contributed by atoms with Gasteiger partial charge in [-0.25, -0.2) is 4.79 Å². The van der Waals surface area contributed by atoms with Crippen molar-refractivity contribution in [3.05, 3.63) is 0 Å². The SMILES string of the molecule is CCN(CC)C(=O)CSc1nnc(SCC(=O)NC(=O)NC2CC2)s1. The summed E-state index contributed by atoms with van der Waals surface area (Å²) in [6.45, 7) is 5.27. The zero-order valence-corrected chi connectivity index (χ0v) is 16.6. The summed E-state index contributed by atoms with van der Waals surface area (Å²) in [7, 11) is 0. The van der Waals surface area contributed by atoms with Crippen LogP contribution in [-0.2, 0) is 9.59 Å². The number of aromatic nitrogens is 2. The maximum atomic E-state index is 11.9. The van der Waals surface area contributed by atoms with Crippen LogP contribution in [0.2, 0.25) is 0 Å². The first-order valence-corrected chi connectivity index (χ1v) is 10.8. The van der Waals surface area contributed by atoms with Gasteiger partial charge in [0, 0.05) is 19.1 Å². The molecule has 1 aromatic heterocycles. The van der Waals surface area contributed by atoms with E-state index < -0.39 is 6.03 Å². The Hall–Kier alpha value is -1.33. The minimum atomic E-state index is -0.448. The third kappa shape index (κ3) is 7.20. The number of nitrogens with one attached hydrogen (secondary N) is 2. The molecule has 0 radical (unpaired) electrons. The van der Waals surface area contributed by atoms with Gasteiger partial charge in [-0.05, 0) is 26.7 Å². The van der Waals surface area contributed by atoms with E-state index in [2.05, 4.69) is 20.8 Å². The minimum Gasteiger partial charge on any atom is -0.343 e. The third-order valence-electron chi connectivity index (χ3n) is 3.32. The Morgan fingerprint density at radius 3 is 2.28 bits per heavy atom. The van der Waals surface area contributed by atoms with E-state index in [1.54, 1.807) is 4.90 Å². The highest BCUT2D eigenvalue weighted by Crippen LogP contribution is 2.28. The van der Waals surface area contributed by atoms with Crippen molar-refractivity contribution in [1.29, 1.82) is 0 Å². The van der Waals surface area contributed by atoms with Crippen LogP contribution in [0.4, 0.5) is 4.79 Å². The van der Waals surface area contributed by atoms with Gasteiger partial charge in [-0.1, -0.05) is 34.9 Å². The molecule has 1 fully saturated rings. The van der Waals surface area contributed by atoms with Gasteiger partial charge in [-0.2, -0.15) is 0 Å². The molecule has 2 N–H and O–H groups in total. The second kappa shape index (κ2) is 9.97. The second-order valence-corrected chi connectivity index (χ2v) is 8.70. The Labute approximate surface area is 158 Å². The first-order valence-electron chi connectivity index (χ1n) is 7.99. The van der Waals surface area contributed by atoms with Gasteiger partial charge in [0.15, 0.2) is 8.68 Å². The number of hydrogen-bond acceptors (Lipinski definition) is 8. The first kappa shape index (κ1) is 20.0. The molecule has 0 atom stereocenters. The van der Waals surface area contributed by atoms with Gasteiger partial charge in [0.1, 0.15) is 0 Å². The molecule has 1 heterocycles. The number of rotatable bonds is 9. The van der Waals surface area contributed by atoms with E-state index in [-0.39, 0.29) is 23.6 Å². The molecule has 0 spiro atoms. The molecule has 0 bridgehead atoms. The summed E-state index contributed by atoms with van der Waals surface area (Å²) in [6.07, 6.45) is 1.94. The normalized spacial score (nSPS) is 13.4. The average molecular weight is 404 g/mol. The average Bonchev–Trinajstić information content (AvgIpc) is 3.27. The summed E-state index contributed by atoms with van der Waals surface area (Å²) in [5, 5.41) is 13.0. The molecule has 1 saturated carbocycles. The van der Waals surface area contributed by atoms with Gasteiger partial charge >= 0.3 is 6.03 Å². The lowest BCUT2D eigenvalue weighted by Crippen LogP contribution is -2.41. The van der Waals surface area contributed by atoms with E-state index >= 15 is 0 Å². The van der Waals surface area contributed by atoms with Crippen molar-refractivity contribution >= 4 is 52.7 Å². The van der Waals surface area contributed by atoms with Crippen LogP contribution in [0.1, 0.15) is 26.7 Å². The van der Waals surface area contributed by atoms with Crippen LogP contribution in [0.25, 0.3) is 0 Å². The van der Waals surface area contributed by atoms with Crippen molar-refractivity contribution in [2.24, 2.45) is 0 Å². The molecule has 0 unspecified atom stereocenters. The van der Waals surface area contributed by atoms with Gasteiger partial charge in [0.2, 0.25) is 11.8 Å². The molecule has 1 aromatic rings. The zero-order valence-electron chi connectivity index (χ0n) is 14.1. The highest BCUT2D eigenvalue weighted by Gasteiger charge is 2.24. The number of carbonyl (C=O) groups excluding carboxylic acids is 3. The fourth-order valence-corrected chi connectivity index (χ4v) is 4.57. The van der Waals surface area contributed by atoms with E-state index in [1.165, 1.54) is 34.9 Å². The Bertz CT molecular complexity index is 617. The minimum absolute atomic E-state index is 0.0699. The molecule has 138 valence electrons. The van der Waals surface area contributed by atoms with Crippen LogP contribution in [-0.4, -0.2) is 63.6 Å². The highest BCUT2D eigenvalue weighted by atomic mass is 32.2. The van der Waals surface area contributed by atoms with Gasteiger partial charge in [-0.3, -0.25) is 14.9 Å². The number of hydrogen-bond donors (Lipinski definition) is 2. The van der Waals surface area contributed by atoms with Crippen LogP contribution >= 0.6 is 34.9 Å². The van der Waals surface area contributed by atoms with Gasteiger partial charge in [-0.15, -0.1) is 10.2 Å². The molecule has 0 saturated heterocycles. The van der Waals surface area contributed by atoms with Crippen molar-refractivity contribution in [2.75, 3.05) is 24.6 Å². The topological polar surface area (TPSA) is 104 Å². The Balaban J connectivity index is 1.68. The van der Waals surface area contributed by atoms with E-state index in [9.17, 15) is 14.4 Å². The molecule has 2 rings (SSSR count). The molecule has 0 aromatic carbocycles. The maximum absolute atomic E-state index is 11.9. The molecule has 0 aliphatic heterocycles. The Kier molecular flexibility index (Phi) is 7.97. The van der Waals surface area contributed by atoms with Crippen LogP contribution in [0.5, 0.6) is 0 Å². The molecule has 1 aliphatic rings. The largest absolute Gasteiger partial charge is 0.343 e. The summed E-state index contributed by atoms with van der Waals surface area (Å²) in [5.74, 6) is 0.114. The molecular weight excluding hydrogens is 382 g/mol. The standard InChI is InChI=1S/C14H21N5O3S3/c1-3-19(4-2)11(21)8-24-14-18-17-13(25-14)23-7-10(20)16-12(22)15-9-5-6-9/h9H,3-8H2,1-2H3,(H2,15,16,20,22).